The van der Waals surface area contributed by atoms with Crippen LogP contribution < -0.4 is 4.90 Å². The molecule has 0 N–H and O–H groups in total. The van der Waals surface area contributed by atoms with Crippen molar-refractivity contribution >= 4 is 5.69 Å². The summed E-state index contributed by atoms with van der Waals surface area (Å²) in [5.74, 6) is 0. The zero-order chi connectivity index (χ0) is 13.4. The Morgan fingerprint density at radius 3 is 2.84 bits per heavy atom. The van der Waals surface area contributed by atoms with E-state index in [1.165, 1.54) is 50.3 Å². The zero-order valence-electron chi connectivity index (χ0n) is 12.4. The van der Waals surface area contributed by atoms with Crippen LogP contribution in [0.3, 0.4) is 0 Å². The van der Waals surface area contributed by atoms with Gasteiger partial charge in [0.05, 0.1) is 11.4 Å². The number of hydrogen-bond acceptors (Lipinski definition) is 3. The molecule has 3 rings (SSSR count). The van der Waals surface area contributed by atoms with Crippen molar-refractivity contribution in [2.75, 3.05) is 24.5 Å². The second kappa shape index (κ2) is 5.12. The summed E-state index contributed by atoms with van der Waals surface area (Å²) in [5.41, 5.74) is 3.66. The molecule has 2 aliphatic heterocycles. The summed E-state index contributed by atoms with van der Waals surface area (Å²) in [4.78, 5) is 9.96. The molecule has 3 heterocycles. The van der Waals surface area contributed by atoms with Gasteiger partial charge in [-0.1, -0.05) is 6.92 Å². The van der Waals surface area contributed by atoms with Crippen molar-refractivity contribution in [3.05, 3.63) is 23.5 Å². The summed E-state index contributed by atoms with van der Waals surface area (Å²) >= 11 is 0. The zero-order valence-corrected chi connectivity index (χ0v) is 12.4. The quantitative estimate of drug-likeness (QED) is 0.814. The maximum absolute atomic E-state index is 4.65. The first kappa shape index (κ1) is 12.9. The molecule has 3 heteroatoms. The van der Waals surface area contributed by atoms with E-state index in [0.29, 0.717) is 6.04 Å². The van der Waals surface area contributed by atoms with E-state index >= 15 is 0 Å². The lowest BCUT2D eigenvalue weighted by Gasteiger charge is -2.45. The number of fused-ring (bicyclic) bond motifs is 1. The molecule has 1 aromatic heterocycles. The molecule has 2 unspecified atom stereocenters. The van der Waals surface area contributed by atoms with Crippen LogP contribution in [0.25, 0.3) is 0 Å². The minimum Gasteiger partial charge on any atom is -0.364 e. The van der Waals surface area contributed by atoms with Gasteiger partial charge >= 0.3 is 0 Å². The van der Waals surface area contributed by atoms with Gasteiger partial charge in [0.1, 0.15) is 0 Å². The van der Waals surface area contributed by atoms with Crippen LogP contribution in [0, 0.1) is 13.8 Å². The number of aromatic nitrogens is 1. The summed E-state index contributed by atoms with van der Waals surface area (Å²) in [5, 5.41) is 0. The predicted octanol–water partition coefficient (Wildman–Crippen LogP) is 2.76. The van der Waals surface area contributed by atoms with E-state index in [1.54, 1.807) is 0 Å². The minimum absolute atomic E-state index is 0.651. The second-order valence-corrected chi connectivity index (χ2v) is 6.06. The van der Waals surface area contributed by atoms with Crippen LogP contribution in [0.4, 0.5) is 5.69 Å². The molecule has 0 amide bonds. The summed E-state index contributed by atoms with van der Waals surface area (Å²) in [6.07, 6.45) is 3.96. The molecule has 2 saturated heterocycles. The van der Waals surface area contributed by atoms with Gasteiger partial charge in [-0.25, -0.2) is 0 Å². The average Bonchev–Trinajstić information content (AvgIpc) is 2.84. The largest absolute Gasteiger partial charge is 0.364 e. The van der Waals surface area contributed by atoms with Crippen molar-refractivity contribution in [2.24, 2.45) is 0 Å². The lowest BCUT2D eigenvalue weighted by molar-refractivity contribution is 0.194. The summed E-state index contributed by atoms with van der Waals surface area (Å²) in [6, 6.07) is 5.84. The number of aryl methyl sites for hydroxylation is 2. The SMILES string of the molecule is CCC1CN2CCCC2CN1c1ccc(C)nc1C. The fraction of sp³-hybridized carbons (Fsp3) is 0.688. The van der Waals surface area contributed by atoms with E-state index in [1.807, 2.05) is 0 Å². The van der Waals surface area contributed by atoms with Gasteiger partial charge in [0.2, 0.25) is 0 Å². The van der Waals surface area contributed by atoms with Crippen LogP contribution in [0.2, 0.25) is 0 Å². The molecule has 104 valence electrons. The summed E-state index contributed by atoms with van der Waals surface area (Å²) < 4.78 is 0. The van der Waals surface area contributed by atoms with E-state index in [2.05, 4.69) is 47.7 Å². The highest BCUT2D eigenvalue weighted by molar-refractivity contribution is 5.52. The second-order valence-electron chi connectivity index (χ2n) is 6.06. The Hall–Kier alpha value is -1.09. The molecule has 2 aliphatic rings. The van der Waals surface area contributed by atoms with Gasteiger partial charge in [0, 0.05) is 30.9 Å². The number of nitrogens with zero attached hydrogens (tertiary/aromatic N) is 3. The minimum atomic E-state index is 0.651. The van der Waals surface area contributed by atoms with Crippen LogP contribution >= 0.6 is 0 Å². The van der Waals surface area contributed by atoms with E-state index in [-0.39, 0.29) is 0 Å². The van der Waals surface area contributed by atoms with Gasteiger partial charge < -0.3 is 4.90 Å². The van der Waals surface area contributed by atoms with Crippen molar-refractivity contribution in [1.29, 1.82) is 0 Å². The highest BCUT2D eigenvalue weighted by Gasteiger charge is 2.36. The topological polar surface area (TPSA) is 19.4 Å². The van der Waals surface area contributed by atoms with Crippen LogP contribution in [-0.4, -0.2) is 41.6 Å². The van der Waals surface area contributed by atoms with Crippen LogP contribution in [0.1, 0.15) is 37.6 Å². The van der Waals surface area contributed by atoms with Crippen molar-refractivity contribution in [3.63, 3.8) is 0 Å². The average molecular weight is 259 g/mol. The maximum Gasteiger partial charge on any atom is 0.0609 e. The van der Waals surface area contributed by atoms with E-state index in [0.717, 1.165) is 11.7 Å². The third-order valence-corrected chi connectivity index (χ3v) is 4.77. The van der Waals surface area contributed by atoms with E-state index in [4.69, 9.17) is 0 Å². The Bertz CT molecular complexity index is 457. The smallest absolute Gasteiger partial charge is 0.0609 e. The molecule has 0 spiro atoms. The number of rotatable bonds is 2. The Balaban J connectivity index is 1.88. The Morgan fingerprint density at radius 2 is 2.11 bits per heavy atom. The first-order valence-corrected chi connectivity index (χ1v) is 7.64. The Kier molecular flexibility index (Phi) is 3.48. The standard InChI is InChI=1S/C16H25N3/c1-4-14-10-18-9-5-6-15(18)11-19(14)16-8-7-12(2)17-13(16)3/h7-8,14-15H,4-6,9-11H2,1-3H3. The molecule has 0 saturated carbocycles. The molecule has 2 atom stereocenters. The van der Waals surface area contributed by atoms with Gasteiger partial charge in [-0.05, 0) is 51.8 Å². The van der Waals surface area contributed by atoms with Crippen molar-refractivity contribution in [3.8, 4) is 0 Å². The lowest BCUT2D eigenvalue weighted by Crippen LogP contribution is -2.56. The number of anilines is 1. The monoisotopic (exact) mass is 259 g/mol. The number of pyridine rings is 1. The molecular formula is C16H25N3. The molecule has 1 aromatic rings. The first-order chi connectivity index (χ1) is 9.19. The van der Waals surface area contributed by atoms with Gasteiger partial charge in [-0.2, -0.15) is 0 Å². The van der Waals surface area contributed by atoms with Crippen molar-refractivity contribution < 1.29 is 0 Å². The number of piperazine rings is 1. The van der Waals surface area contributed by atoms with E-state index in [9.17, 15) is 0 Å². The van der Waals surface area contributed by atoms with Crippen molar-refractivity contribution in [1.82, 2.24) is 9.88 Å². The summed E-state index contributed by atoms with van der Waals surface area (Å²) in [7, 11) is 0. The van der Waals surface area contributed by atoms with Crippen molar-refractivity contribution in [2.45, 2.75) is 52.1 Å². The normalized spacial score (nSPS) is 27.6. The Labute approximate surface area is 116 Å². The highest BCUT2D eigenvalue weighted by Crippen LogP contribution is 2.31. The maximum atomic E-state index is 4.65. The van der Waals surface area contributed by atoms with E-state index < -0.39 is 0 Å². The van der Waals surface area contributed by atoms with Crippen LogP contribution in [0.5, 0.6) is 0 Å². The van der Waals surface area contributed by atoms with Crippen LogP contribution in [-0.2, 0) is 0 Å². The van der Waals surface area contributed by atoms with Gasteiger partial charge in [0.25, 0.3) is 0 Å². The molecule has 3 nitrogen and oxygen atoms in total. The molecule has 0 aromatic carbocycles. The molecule has 2 fully saturated rings. The molecule has 0 radical (unpaired) electrons. The molecule has 19 heavy (non-hydrogen) atoms. The number of hydrogen-bond donors (Lipinski definition) is 0. The van der Waals surface area contributed by atoms with Gasteiger partial charge in [-0.3, -0.25) is 9.88 Å². The Morgan fingerprint density at radius 1 is 1.26 bits per heavy atom. The summed E-state index contributed by atoms with van der Waals surface area (Å²) in [6.45, 7) is 10.3. The molecule has 0 aliphatic carbocycles. The predicted molar refractivity (Wildman–Crippen MR) is 79.7 cm³/mol. The molecule has 0 bridgehead atoms. The third kappa shape index (κ3) is 2.36. The third-order valence-electron chi connectivity index (χ3n) is 4.77. The fourth-order valence-corrected chi connectivity index (χ4v) is 3.71. The lowest BCUT2D eigenvalue weighted by atomic mass is 10.0. The molecular weight excluding hydrogens is 234 g/mol. The highest BCUT2D eigenvalue weighted by atomic mass is 15.3. The van der Waals surface area contributed by atoms with Gasteiger partial charge in [0.15, 0.2) is 0 Å². The van der Waals surface area contributed by atoms with Gasteiger partial charge in [-0.15, -0.1) is 0 Å². The fourth-order valence-electron chi connectivity index (χ4n) is 3.71. The first-order valence-electron chi connectivity index (χ1n) is 7.64. The van der Waals surface area contributed by atoms with Crippen LogP contribution in [0.15, 0.2) is 12.1 Å².